The summed E-state index contributed by atoms with van der Waals surface area (Å²) < 4.78 is 2.51. The summed E-state index contributed by atoms with van der Waals surface area (Å²) in [5, 5.41) is 17.0. The first-order chi connectivity index (χ1) is 8.66. The van der Waals surface area contributed by atoms with Gasteiger partial charge in [0, 0.05) is 10.7 Å². The lowest BCUT2D eigenvalue weighted by atomic mass is 10.3. The third kappa shape index (κ3) is 1.58. The lowest BCUT2D eigenvalue weighted by Crippen LogP contribution is -2.01. The number of halogens is 1. The van der Waals surface area contributed by atoms with Crippen LogP contribution in [0.5, 0.6) is 0 Å². The molecular formula is C10H6BrN5O2. The van der Waals surface area contributed by atoms with Crippen LogP contribution in [0.1, 0.15) is 10.5 Å². The number of carboxylic acid groups (broad SMARTS) is 1. The molecule has 2 N–H and O–H groups in total. The molecule has 0 atom stereocenters. The normalized spacial score (nSPS) is 10.9. The van der Waals surface area contributed by atoms with Gasteiger partial charge in [0.15, 0.2) is 17.2 Å². The van der Waals surface area contributed by atoms with E-state index in [0.29, 0.717) is 11.5 Å². The Morgan fingerprint density at radius 1 is 1.39 bits per heavy atom. The van der Waals surface area contributed by atoms with Gasteiger partial charge in [-0.15, -0.1) is 10.2 Å². The van der Waals surface area contributed by atoms with Crippen LogP contribution in [0.15, 0.2) is 29.1 Å². The smallest absolute Gasteiger partial charge is 0.354 e. The average molecular weight is 308 g/mol. The van der Waals surface area contributed by atoms with E-state index < -0.39 is 5.97 Å². The van der Waals surface area contributed by atoms with Gasteiger partial charge in [0.05, 0.1) is 6.33 Å². The van der Waals surface area contributed by atoms with E-state index in [1.807, 2.05) is 6.07 Å². The molecule has 0 aliphatic rings. The molecule has 0 aromatic carbocycles. The minimum Gasteiger partial charge on any atom is -0.477 e. The highest BCUT2D eigenvalue weighted by molar-refractivity contribution is 9.10. The van der Waals surface area contributed by atoms with Crippen LogP contribution in [0.2, 0.25) is 0 Å². The molecule has 0 aliphatic heterocycles. The molecule has 0 aliphatic carbocycles. The van der Waals surface area contributed by atoms with E-state index in [-0.39, 0.29) is 11.4 Å². The number of carboxylic acids is 1. The van der Waals surface area contributed by atoms with E-state index in [1.54, 1.807) is 16.7 Å². The number of H-pyrrole nitrogens is 1. The van der Waals surface area contributed by atoms with Gasteiger partial charge in [-0.1, -0.05) is 0 Å². The number of hydrogen-bond acceptors (Lipinski definition) is 4. The van der Waals surface area contributed by atoms with Gasteiger partial charge in [0.2, 0.25) is 0 Å². The van der Waals surface area contributed by atoms with Gasteiger partial charge in [-0.2, -0.15) is 0 Å². The zero-order valence-electron chi connectivity index (χ0n) is 8.83. The molecule has 0 fully saturated rings. The average Bonchev–Trinajstić information content (AvgIpc) is 2.92. The van der Waals surface area contributed by atoms with Crippen molar-refractivity contribution in [3.05, 3.63) is 34.8 Å². The fourth-order valence-electron chi connectivity index (χ4n) is 1.65. The van der Waals surface area contributed by atoms with E-state index >= 15 is 0 Å². The van der Waals surface area contributed by atoms with Crippen LogP contribution in [0.3, 0.4) is 0 Å². The molecule has 0 radical (unpaired) electrons. The van der Waals surface area contributed by atoms with Gasteiger partial charge in [-0.3, -0.25) is 4.40 Å². The van der Waals surface area contributed by atoms with Crippen molar-refractivity contribution in [1.29, 1.82) is 0 Å². The second-order valence-electron chi connectivity index (χ2n) is 3.53. The number of aromatic carboxylic acids is 1. The van der Waals surface area contributed by atoms with Crippen molar-refractivity contribution >= 4 is 27.5 Å². The Balaban J connectivity index is 2.28. The minimum absolute atomic E-state index is 0.00993. The van der Waals surface area contributed by atoms with E-state index in [4.69, 9.17) is 5.11 Å². The lowest BCUT2D eigenvalue weighted by Gasteiger charge is -1.98. The standard InChI is InChI=1S/C10H6BrN5O2/c11-5-1-2-6-14-15-9(16(6)3-5)7-8(10(17)18)13-4-12-7/h1-4H,(H,12,13)(H,17,18). The Kier molecular flexibility index (Phi) is 2.37. The maximum atomic E-state index is 11.0. The topological polar surface area (TPSA) is 96.2 Å². The zero-order chi connectivity index (χ0) is 12.7. The Labute approximate surface area is 109 Å². The minimum atomic E-state index is -1.09. The molecule has 0 saturated carbocycles. The van der Waals surface area contributed by atoms with Crippen LogP contribution in [0.25, 0.3) is 17.2 Å². The summed E-state index contributed by atoms with van der Waals surface area (Å²) >= 11 is 3.34. The van der Waals surface area contributed by atoms with Gasteiger partial charge in [0.1, 0.15) is 5.69 Å². The van der Waals surface area contributed by atoms with Crippen molar-refractivity contribution in [2.24, 2.45) is 0 Å². The number of pyridine rings is 1. The summed E-state index contributed by atoms with van der Waals surface area (Å²) in [4.78, 5) is 17.6. The summed E-state index contributed by atoms with van der Waals surface area (Å²) in [6, 6.07) is 3.60. The Morgan fingerprint density at radius 2 is 2.22 bits per heavy atom. The van der Waals surface area contributed by atoms with Crippen LogP contribution >= 0.6 is 15.9 Å². The number of aromatic amines is 1. The van der Waals surface area contributed by atoms with E-state index in [0.717, 1.165) is 4.47 Å². The number of fused-ring (bicyclic) bond motifs is 1. The summed E-state index contributed by atoms with van der Waals surface area (Å²) in [7, 11) is 0. The molecule has 3 aromatic heterocycles. The first-order valence-electron chi connectivity index (χ1n) is 4.94. The van der Waals surface area contributed by atoms with Crippen molar-refractivity contribution in [3.63, 3.8) is 0 Å². The third-order valence-electron chi connectivity index (χ3n) is 2.43. The molecule has 18 heavy (non-hydrogen) atoms. The molecule has 3 heterocycles. The number of hydrogen-bond donors (Lipinski definition) is 2. The van der Waals surface area contributed by atoms with Gasteiger partial charge in [-0.25, -0.2) is 9.78 Å². The predicted molar refractivity (Wildman–Crippen MR) is 65.2 cm³/mol. The van der Waals surface area contributed by atoms with E-state index in [1.165, 1.54) is 6.33 Å². The Hall–Kier alpha value is -2.22. The van der Waals surface area contributed by atoms with Crippen molar-refractivity contribution in [1.82, 2.24) is 24.6 Å². The highest BCUT2D eigenvalue weighted by Gasteiger charge is 2.19. The van der Waals surface area contributed by atoms with Crippen LogP contribution in [-0.4, -0.2) is 35.6 Å². The zero-order valence-corrected chi connectivity index (χ0v) is 10.4. The predicted octanol–water partition coefficient (Wildman–Crippen LogP) is 1.58. The highest BCUT2D eigenvalue weighted by Crippen LogP contribution is 2.21. The Morgan fingerprint density at radius 3 is 3.00 bits per heavy atom. The van der Waals surface area contributed by atoms with Crippen molar-refractivity contribution < 1.29 is 9.90 Å². The summed E-state index contributed by atoms with van der Waals surface area (Å²) in [6.07, 6.45) is 3.07. The quantitative estimate of drug-likeness (QED) is 0.749. The number of rotatable bonds is 2. The van der Waals surface area contributed by atoms with Crippen molar-refractivity contribution in [2.45, 2.75) is 0 Å². The summed E-state index contributed by atoms with van der Waals surface area (Å²) in [5.74, 6) is -0.709. The number of carbonyl (C=O) groups is 1. The van der Waals surface area contributed by atoms with Crippen molar-refractivity contribution in [2.75, 3.05) is 0 Å². The molecule has 3 rings (SSSR count). The SMILES string of the molecule is O=C(O)c1[nH]cnc1-c1nnc2ccc(Br)cn12. The number of aromatic nitrogens is 5. The van der Waals surface area contributed by atoms with Crippen LogP contribution in [0.4, 0.5) is 0 Å². The molecule has 0 spiro atoms. The van der Waals surface area contributed by atoms with Crippen LogP contribution < -0.4 is 0 Å². The molecular weight excluding hydrogens is 302 g/mol. The number of nitrogens with one attached hydrogen (secondary N) is 1. The molecule has 7 nitrogen and oxygen atoms in total. The first kappa shape index (κ1) is 10.9. The molecule has 8 heteroatoms. The molecule has 0 unspecified atom stereocenters. The largest absolute Gasteiger partial charge is 0.477 e. The van der Waals surface area contributed by atoms with Crippen LogP contribution in [-0.2, 0) is 0 Å². The number of nitrogens with zero attached hydrogens (tertiary/aromatic N) is 4. The number of imidazole rings is 1. The van der Waals surface area contributed by atoms with Gasteiger partial charge in [-0.05, 0) is 28.1 Å². The fourth-order valence-corrected chi connectivity index (χ4v) is 1.99. The molecule has 0 saturated heterocycles. The maximum Gasteiger partial charge on any atom is 0.354 e. The fraction of sp³-hybridized carbons (Fsp3) is 0. The summed E-state index contributed by atoms with van der Waals surface area (Å²) in [6.45, 7) is 0. The monoisotopic (exact) mass is 307 g/mol. The van der Waals surface area contributed by atoms with Gasteiger partial charge < -0.3 is 10.1 Å². The highest BCUT2D eigenvalue weighted by atomic mass is 79.9. The maximum absolute atomic E-state index is 11.0. The van der Waals surface area contributed by atoms with Crippen molar-refractivity contribution in [3.8, 4) is 11.5 Å². The molecule has 0 amide bonds. The van der Waals surface area contributed by atoms with Gasteiger partial charge in [0.25, 0.3) is 0 Å². The molecule has 3 aromatic rings. The first-order valence-corrected chi connectivity index (χ1v) is 5.73. The van der Waals surface area contributed by atoms with Gasteiger partial charge >= 0.3 is 5.97 Å². The second-order valence-corrected chi connectivity index (χ2v) is 4.45. The summed E-state index contributed by atoms with van der Waals surface area (Å²) in [5.41, 5.74) is 0.866. The van der Waals surface area contributed by atoms with Crippen LogP contribution in [0, 0.1) is 0 Å². The molecule has 90 valence electrons. The Bertz CT molecular complexity index is 748. The van der Waals surface area contributed by atoms with E-state index in [2.05, 4.69) is 36.1 Å². The van der Waals surface area contributed by atoms with E-state index in [9.17, 15) is 4.79 Å². The lowest BCUT2D eigenvalue weighted by molar-refractivity contribution is 0.0692. The second kappa shape index (κ2) is 3.91. The third-order valence-corrected chi connectivity index (χ3v) is 2.90. The molecule has 0 bridgehead atoms.